The van der Waals surface area contributed by atoms with Crippen LogP contribution in [0.25, 0.3) is 0 Å². The molecule has 9 nitrogen and oxygen atoms in total. The number of carbonyl (C=O) groups is 2. The highest BCUT2D eigenvalue weighted by molar-refractivity contribution is 7.92. The summed E-state index contributed by atoms with van der Waals surface area (Å²) in [6.07, 6.45) is 1.77. The van der Waals surface area contributed by atoms with E-state index in [2.05, 4.69) is 5.32 Å². The van der Waals surface area contributed by atoms with Crippen LogP contribution in [0.2, 0.25) is 0 Å². The molecule has 0 bridgehead atoms. The van der Waals surface area contributed by atoms with Gasteiger partial charge in [-0.25, -0.2) is 8.42 Å². The molecule has 192 valence electrons. The Bertz CT molecular complexity index is 1110. The van der Waals surface area contributed by atoms with Crippen molar-refractivity contribution in [1.29, 1.82) is 0 Å². The van der Waals surface area contributed by atoms with Crippen molar-refractivity contribution in [2.75, 3.05) is 31.3 Å². The van der Waals surface area contributed by atoms with Crippen molar-refractivity contribution in [2.24, 2.45) is 0 Å². The van der Waals surface area contributed by atoms with Crippen LogP contribution in [0.3, 0.4) is 0 Å². The summed E-state index contributed by atoms with van der Waals surface area (Å²) in [5.74, 6) is -0.0628. The summed E-state index contributed by atoms with van der Waals surface area (Å²) in [5.41, 5.74) is 1.07. The van der Waals surface area contributed by atoms with E-state index in [1.54, 1.807) is 13.0 Å². The van der Waals surface area contributed by atoms with Crippen molar-refractivity contribution in [3.63, 3.8) is 0 Å². The van der Waals surface area contributed by atoms with Crippen molar-refractivity contribution in [2.45, 2.75) is 45.8 Å². The van der Waals surface area contributed by atoms with Crippen molar-refractivity contribution in [3.05, 3.63) is 54.1 Å². The molecule has 35 heavy (non-hydrogen) atoms. The predicted octanol–water partition coefficient (Wildman–Crippen LogP) is 2.80. The molecule has 1 N–H and O–H groups in total. The highest BCUT2D eigenvalue weighted by atomic mass is 32.2. The van der Waals surface area contributed by atoms with Gasteiger partial charge in [-0.1, -0.05) is 37.3 Å². The van der Waals surface area contributed by atoms with Gasteiger partial charge in [0.05, 0.1) is 26.2 Å². The number of hydrogen-bond donors (Lipinski definition) is 1. The maximum atomic E-state index is 13.5. The van der Waals surface area contributed by atoms with Gasteiger partial charge in [0.15, 0.2) is 11.5 Å². The summed E-state index contributed by atoms with van der Waals surface area (Å²) in [4.78, 5) is 27.8. The number of sulfonamides is 1. The summed E-state index contributed by atoms with van der Waals surface area (Å²) in [5, 5.41) is 2.90. The molecule has 2 atom stereocenters. The van der Waals surface area contributed by atoms with Gasteiger partial charge in [0.1, 0.15) is 12.6 Å². The Morgan fingerprint density at radius 3 is 2.17 bits per heavy atom. The maximum Gasteiger partial charge on any atom is 0.244 e. The fraction of sp³-hybridized carbons (Fsp3) is 0.440. The highest BCUT2D eigenvalue weighted by Gasteiger charge is 2.30. The van der Waals surface area contributed by atoms with Crippen LogP contribution in [0.5, 0.6) is 11.5 Å². The average Bonchev–Trinajstić information content (AvgIpc) is 2.84. The minimum absolute atomic E-state index is 0.0575. The molecule has 0 fully saturated rings. The fourth-order valence-corrected chi connectivity index (χ4v) is 4.26. The van der Waals surface area contributed by atoms with Gasteiger partial charge >= 0.3 is 0 Å². The average molecular weight is 506 g/mol. The van der Waals surface area contributed by atoms with Crippen LogP contribution in [-0.4, -0.2) is 64.2 Å². The number of carbonyl (C=O) groups excluding carboxylic acids is 2. The number of hydrogen-bond acceptors (Lipinski definition) is 6. The topological polar surface area (TPSA) is 105 Å². The zero-order valence-corrected chi connectivity index (χ0v) is 22.0. The molecule has 0 aromatic heterocycles. The molecule has 0 saturated heterocycles. The number of rotatable bonds is 12. The van der Waals surface area contributed by atoms with Crippen LogP contribution in [0.1, 0.15) is 32.8 Å². The summed E-state index contributed by atoms with van der Waals surface area (Å²) in [7, 11) is -0.928. The molecule has 0 aliphatic rings. The second kappa shape index (κ2) is 12.4. The van der Waals surface area contributed by atoms with Crippen LogP contribution >= 0.6 is 0 Å². The lowest BCUT2D eigenvalue weighted by Gasteiger charge is -2.32. The number of nitrogens with one attached hydrogen (secondary N) is 1. The van der Waals surface area contributed by atoms with E-state index in [1.807, 2.05) is 44.2 Å². The van der Waals surface area contributed by atoms with Crippen LogP contribution in [0, 0.1) is 0 Å². The lowest BCUT2D eigenvalue weighted by molar-refractivity contribution is -0.139. The zero-order chi connectivity index (χ0) is 26.2. The molecular weight excluding hydrogens is 470 g/mol. The standard InChI is InChI=1S/C25H35N3O6S/c1-7-18(2)26-25(30)19(3)27(16-20-11-9-8-10-12-20)24(29)17-28(35(6,31)32)21-13-14-22(33-4)23(15-21)34-5/h8-15,18-19H,7,16-17H2,1-6H3,(H,26,30)/t18-,19-/m1/s1. The van der Waals surface area contributed by atoms with E-state index in [-0.39, 0.29) is 24.2 Å². The normalized spacial score (nSPS) is 12.9. The zero-order valence-electron chi connectivity index (χ0n) is 21.1. The summed E-state index contributed by atoms with van der Waals surface area (Å²) < 4.78 is 36.9. The molecule has 2 aromatic carbocycles. The summed E-state index contributed by atoms with van der Waals surface area (Å²) in [6.45, 7) is 5.15. The first-order chi connectivity index (χ1) is 16.5. The quantitative estimate of drug-likeness (QED) is 0.476. The third-order valence-electron chi connectivity index (χ3n) is 5.70. The van der Waals surface area contributed by atoms with E-state index >= 15 is 0 Å². The summed E-state index contributed by atoms with van der Waals surface area (Å²) in [6, 6.07) is 13.0. The van der Waals surface area contributed by atoms with E-state index in [0.717, 1.165) is 22.5 Å². The van der Waals surface area contributed by atoms with E-state index in [0.29, 0.717) is 11.5 Å². The molecule has 0 radical (unpaired) electrons. The first-order valence-corrected chi connectivity index (χ1v) is 13.2. The van der Waals surface area contributed by atoms with Crippen molar-refractivity contribution >= 4 is 27.5 Å². The third kappa shape index (κ3) is 7.61. The molecule has 0 saturated carbocycles. The van der Waals surface area contributed by atoms with E-state index in [9.17, 15) is 18.0 Å². The predicted molar refractivity (Wildman–Crippen MR) is 136 cm³/mol. The Kier molecular flexibility index (Phi) is 9.94. The van der Waals surface area contributed by atoms with E-state index in [1.165, 1.54) is 31.3 Å². The molecule has 0 unspecified atom stereocenters. The monoisotopic (exact) mass is 505 g/mol. The van der Waals surface area contributed by atoms with Crippen LogP contribution in [0.15, 0.2) is 48.5 Å². The molecule has 0 spiro atoms. The molecule has 0 aliphatic heterocycles. The number of nitrogens with zero attached hydrogens (tertiary/aromatic N) is 2. The van der Waals surface area contributed by atoms with Gasteiger partial charge in [0, 0.05) is 18.7 Å². The Labute approximate surface area is 208 Å². The Balaban J connectivity index is 2.41. The third-order valence-corrected chi connectivity index (χ3v) is 6.84. The second-order valence-electron chi connectivity index (χ2n) is 8.31. The minimum atomic E-state index is -3.84. The van der Waals surface area contributed by atoms with E-state index in [4.69, 9.17) is 9.47 Å². The highest BCUT2D eigenvalue weighted by Crippen LogP contribution is 2.32. The van der Waals surface area contributed by atoms with Gasteiger partial charge in [-0.3, -0.25) is 13.9 Å². The minimum Gasteiger partial charge on any atom is -0.493 e. The van der Waals surface area contributed by atoms with Gasteiger partial charge in [-0.05, 0) is 38.0 Å². The number of ether oxygens (including phenoxy) is 2. The Morgan fingerprint density at radius 1 is 1.00 bits per heavy atom. The van der Waals surface area contributed by atoms with Crippen LogP contribution in [-0.2, 0) is 26.2 Å². The van der Waals surface area contributed by atoms with Gasteiger partial charge in [-0.15, -0.1) is 0 Å². The second-order valence-corrected chi connectivity index (χ2v) is 10.2. The lowest BCUT2D eigenvalue weighted by Crippen LogP contribution is -2.52. The number of anilines is 1. The molecular formula is C25H35N3O6S. The first kappa shape index (κ1) is 28.0. The SMILES string of the molecule is CC[C@@H](C)NC(=O)[C@@H](C)N(Cc1ccccc1)C(=O)CN(c1ccc(OC)c(OC)c1)S(C)(=O)=O. The van der Waals surface area contributed by atoms with Crippen LogP contribution in [0.4, 0.5) is 5.69 Å². The fourth-order valence-electron chi connectivity index (χ4n) is 3.42. The Morgan fingerprint density at radius 2 is 1.63 bits per heavy atom. The largest absolute Gasteiger partial charge is 0.493 e. The lowest BCUT2D eigenvalue weighted by atomic mass is 10.1. The van der Waals surface area contributed by atoms with Gasteiger partial charge in [-0.2, -0.15) is 0 Å². The van der Waals surface area contributed by atoms with Crippen molar-refractivity contribution in [1.82, 2.24) is 10.2 Å². The summed E-state index contributed by atoms with van der Waals surface area (Å²) >= 11 is 0. The van der Waals surface area contributed by atoms with E-state index < -0.39 is 28.5 Å². The molecule has 0 heterocycles. The molecule has 10 heteroatoms. The van der Waals surface area contributed by atoms with Crippen molar-refractivity contribution < 1.29 is 27.5 Å². The van der Waals surface area contributed by atoms with Gasteiger partial charge in [0.2, 0.25) is 21.8 Å². The Hall–Kier alpha value is -3.27. The number of amides is 2. The van der Waals surface area contributed by atoms with Crippen LogP contribution < -0.4 is 19.1 Å². The molecule has 2 aromatic rings. The van der Waals surface area contributed by atoms with Crippen molar-refractivity contribution in [3.8, 4) is 11.5 Å². The molecule has 2 rings (SSSR count). The number of benzene rings is 2. The molecule has 0 aliphatic carbocycles. The first-order valence-electron chi connectivity index (χ1n) is 11.3. The van der Waals surface area contributed by atoms with Gasteiger partial charge < -0.3 is 19.7 Å². The maximum absolute atomic E-state index is 13.5. The smallest absolute Gasteiger partial charge is 0.244 e. The number of methoxy groups -OCH3 is 2. The van der Waals surface area contributed by atoms with Gasteiger partial charge in [0.25, 0.3) is 0 Å². The molecule has 2 amide bonds.